The van der Waals surface area contributed by atoms with Gasteiger partial charge in [-0.1, -0.05) is 12.8 Å². The molecule has 0 radical (unpaired) electrons. The van der Waals surface area contributed by atoms with Crippen LogP contribution < -0.4 is 10.6 Å². The number of hydrogen-bond acceptors (Lipinski definition) is 2. The van der Waals surface area contributed by atoms with Crippen LogP contribution in [-0.2, 0) is 9.59 Å². The summed E-state index contributed by atoms with van der Waals surface area (Å²) in [5.74, 6) is 0. The van der Waals surface area contributed by atoms with E-state index < -0.39 is 0 Å². The van der Waals surface area contributed by atoms with E-state index in [0.717, 1.165) is 32.2 Å². The van der Waals surface area contributed by atoms with Crippen molar-refractivity contribution in [3.63, 3.8) is 0 Å². The summed E-state index contributed by atoms with van der Waals surface area (Å²) < 4.78 is 0. The van der Waals surface area contributed by atoms with Crippen molar-refractivity contribution in [3.05, 3.63) is 0 Å². The minimum absolute atomic E-state index is 0.699. The maximum Gasteiger partial charge on any atom is 0.207 e. The minimum Gasteiger partial charge on any atom is -0.530 e. The lowest BCUT2D eigenvalue weighted by molar-refractivity contribution is -0.109. The third-order valence-corrected chi connectivity index (χ3v) is 1.53. The Morgan fingerprint density at radius 1 is 1.08 bits per heavy atom. The molecule has 0 fully saturated rings. The average molecular weight is 171 g/mol. The molecule has 0 aromatic rings. The highest BCUT2D eigenvalue weighted by Crippen LogP contribution is 1.96. The Hall–Kier alpha value is -1.06. The normalized spacial score (nSPS) is 9.00. The van der Waals surface area contributed by atoms with Gasteiger partial charge in [-0.3, -0.25) is 4.79 Å². The lowest BCUT2D eigenvalue weighted by Gasteiger charge is -2.05. The molecule has 2 N–H and O–H groups in total. The van der Waals surface area contributed by atoms with Crippen LogP contribution in [0.1, 0.15) is 25.7 Å². The molecule has 0 aliphatic heterocycles. The topological polar surface area (TPSA) is 58.2 Å². The van der Waals surface area contributed by atoms with Gasteiger partial charge in [0.15, 0.2) is 0 Å². The van der Waals surface area contributed by atoms with Crippen molar-refractivity contribution in [2.24, 2.45) is 0 Å². The van der Waals surface area contributed by atoms with Crippen LogP contribution in [0.2, 0.25) is 0 Å². The van der Waals surface area contributed by atoms with E-state index in [1.54, 1.807) is 6.41 Å². The quantitative estimate of drug-likeness (QED) is 0.221. The first-order valence-corrected chi connectivity index (χ1v) is 4.19. The van der Waals surface area contributed by atoms with Gasteiger partial charge in [-0.15, -0.1) is 0 Å². The summed E-state index contributed by atoms with van der Waals surface area (Å²) >= 11 is 0. The predicted octanol–water partition coefficient (Wildman–Crippen LogP) is -0.0504. The molecule has 0 aliphatic rings. The van der Waals surface area contributed by atoms with Crippen LogP contribution in [0.5, 0.6) is 0 Å². The van der Waals surface area contributed by atoms with Gasteiger partial charge in [-0.2, -0.15) is 6.41 Å². The first-order valence-electron chi connectivity index (χ1n) is 4.19. The summed E-state index contributed by atoms with van der Waals surface area (Å²) in [5, 5.41) is 5.06. The molecule has 0 aromatic heterocycles. The number of rotatable bonds is 9. The van der Waals surface area contributed by atoms with Crippen LogP contribution in [0.25, 0.3) is 0 Å². The molecule has 0 aliphatic carbocycles. The van der Waals surface area contributed by atoms with Crippen LogP contribution in [0.15, 0.2) is 0 Å². The first kappa shape index (κ1) is 10.9. The summed E-state index contributed by atoms with van der Waals surface area (Å²) in [7, 11) is 0. The standard InChI is InChI=1S/C8H15N2O2/c11-7-9-5-3-1-2-4-6-10-8-12/h7H,1-6H2,(H,9,11)(H,10,12)/q-1. The van der Waals surface area contributed by atoms with Gasteiger partial charge >= 0.3 is 0 Å². The molecule has 0 aromatic carbocycles. The molecule has 0 bridgehead atoms. The van der Waals surface area contributed by atoms with E-state index in [2.05, 4.69) is 10.6 Å². The zero-order valence-corrected chi connectivity index (χ0v) is 7.14. The fourth-order valence-corrected chi connectivity index (χ4v) is 0.904. The fraction of sp³-hybridized carbons (Fsp3) is 0.750. The number of carbonyl (C=O) groups is 1. The Morgan fingerprint density at radius 3 is 2.33 bits per heavy atom. The highest BCUT2D eigenvalue weighted by atomic mass is 16.1. The third kappa shape index (κ3) is 8.94. The molecule has 0 atom stereocenters. The summed E-state index contributed by atoms with van der Waals surface area (Å²) in [4.78, 5) is 19.5. The Balaban J connectivity index is 2.81. The van der Waals surface area contributed by atoms with Crippen molar-refractivity contribution in [2.75, 3.05) is 13.1 Å². The van der Waals surface area contributed by atoms with Gasteiger partial charge in [0, 0.05) is 6.54 Å². The van der Waals surface area contributed by atoms with Crippen LogP contribution >= 0.6 is 0 Å². The molecule has 70 valence electrons. The summed E-state index contributed by atoms with van der Waals surface area (Å²) in [6, 6.07) is 0. The molecular formula is C8H15N2O2-. The van der Waals surface area contributed by atoms with Gasteiger partial charge in [-0.25, -0.2) is 0 Å². The van der Waals surface area contributed by atoms with E-state index in [-0.39, 0.29) is 0 Å². The maximum atomic E-state index is 9.81. The van der Waals surface area contributed by atoms with Crippen molar-refractivity contribution in [2.45, 2.75) is 25.7 Å². The second-order valence-electron chi connectivity index (χ2n) is 2.52. The summed E-state index contributed by atoms with van der Waals surface area (Å²) in [6.07, 6.45) is 6.48. The molecule has 4 nitrogen and oxygen atoms in total. The van der Waals surface area contributed by atoms with Crippen molar-refractivity contribution in [3.8, 4) is 0 Å². The zero-order valence-electron chi connectivity index (χ0n) is 7.14. The van der Waals surface area contributed by atoms with Crippen LogP contribution in [-0.4, -0.2) is 25.9 Å². The fourth-order valence-electron chi connectivity index (χ4n) is 0.904. The van der Waals surface area contributed by atoms with E-state index in [0.29, 0.717) is 13.0 Å². The van der Waals surface area contributed by atoms with Gasteiger partial charge in [-0.05, 0) is 19.4 Å². The number of nitrogens with one attached hydrogen (secondary N) is 2. The summed E-state index contributed by atoms with van der Waals surface area (Å²) in [5.41, 5.74) is 0. The van der Waals surface area contributed by atoms with Crippen molar-refractivity contribution < 1.29 is 9.59 Å². The number of unbranched alkanes of at least 4 members (excludes halogenated alkanes) is 3. The van der Waals surface area contributed by atoms with Gasteiger partial charge in [0.1, 0.15) is 0 Å². The molecule has 12 heavy (non-hydrogen) atoms. The van der Waals surface area contributed by atoms with Crippen molar-refractivity contribution >= 4 is 12.8 Å². The van der Waals surface area contributed by atoms with Crippen LogP contribution in [0.4, 0.5) is 0 Å². The SMILES string of the molecule is O=[C-]NCCCCCCNC=O. The number of hydrogen-bond donors (Lipinski definition) is 2. The lowest BCUT2D eigenvalue weighted by Crippen LogP contribution is -2.13. The molecule has 0 unspecified atom stereocenters. The van der Waals surface area contributed by atoms with Crippen molar-refractivity contribution in [1.82, 2.24) is 10.6 Å². The zero-order chi connectivity index (χ0) is 9.07. The van der Waals surface area contributed by atoms with E-state index in [4.69, 9.17) is 0 Å². The van der Waals surface area contributed by atoms with Crippen molar-refractivity contribution in [1.29, 1.82) is 0 Å². The van der Waals surface area contributed by atoms with Gasteiger partial charge in [0.05, 0.1) is 0 Å². The molecule has 0 saturated carbocycles. The average Bonchev–Trinajstić information content (AvgIpc) is 2.10. The van der Waals surface area contributed by atoms with E-state index in [1.165, 1.54) is 0 Å². The monoisotopic (exact) mass is 171 g/mol. The van der Waals surface area contributed by atoms with E-state index in [1.807, 2.05) is 0 Å². The van der Waals surface area contributed by atoms with Gasteiger partial charge in [0.2, 0.25) is 6.41 Å². The second-order valence-corrected chi connectivity index (χ2v) is 2.52. The Labute approximate surface area is 72.7 Å². The largest absolute Gasteiger partial charge is 0.530 e. The third-order valence-electron chi connectivity index (χ3n) is 1.53. The van der Waals surface area contributed by atoms with Crippen LogP contribution in [0.3, 0.4) is 0 Å². The molecule has 0 spiro atoms. The molecule has 4 heteroatoms. The summed E-state index contributed by atoms with van der Waals surface area (Å²) in [6.45, 7) is 1.45. The Bertz CT molecular complexity index is 104. The second kappa shape index (κ2) is 9.94. The number of amides is 2. The van der Waals surface area contributed by atoms with E-state index in [9.17, 15) is 9.59 Å². The van der Waals surface area contributed by atoms with Gasteiger partial charge in [0.25, 0.3) is 0 Å². The smallest absolute Gasteiger partial charge is 0.207 e. The molecular weight excluding hydrogens is 156 g/mol. The van der Waals surface area contributed by atoms with Gasteiger partial charge < -0.3 is 15.4 Å². The highest BCUT2D eigenvalue weighted by Gasteiger charge is 1.87. The molecule has 2 amide bonds. The minimum atomic E-state index is 0.699. The predicted molar refractivity (Wildman–Crippen MR) is 46.2 cm³/mol. The van der Waals surface area contributed by atoms with E-state index >= 15 is 0 Å². The maximum absolute atomic E-state index is 9.81. The first-order chi connectivity index (χ1) is 5.91. The molecule has 0 heterocycles. The highest BCUT2D eigenvalue weighted by molar-refractivity contribution is 5.46. The molecule has 0 saturated heterocycles. The lowest BCUT2D eigenvalue weighted by atomic mass is 10.2. The Morgan fingerprint density at radius 2 is 1.75 bits per heavy atom. The van der Waals surface area contributed by atoms with Crippen LogP contribution in [0, 0.1) is 0 Å². The number of carbonyl (C=O) groups excluding carboxylic acids is 2. The molecule has 0 rings (SSSR count). The Kier molecular flexibility index (Phi) is 9.06.